The van der Waals surface area contributed by atoms with Crippen molar-refractivity contribution in [2.45, 2.75) is 82.0 Å². The third-order valence-corrected chi connectivity index (χ3v) is 9.85. The van der Waals surface area contributed by atoms with Gasteiger partial charge in [0.05, 0.1) is 22.7 Å². The molecule has 3 N–H and O–H groups in total. The minimum Gasteiger partial charge on any atom is -0.458 e. The smallest absolute Gasteiger partial charge is 0.331 e. The van der Waals surface area contributed by atoms with Crippen LogP contribution in [0.2, 0.25) is 0 Å². The first-order chi connectivity index (χ1) is 13.7. The van der Waals surface area contributed by atoms with Crippen molar-refractivity contribution >= 4 is 12.3 Å². The Morgan fingerprint density at radius 2 is 1.83 bits per heavy atom. The fraction of sp³-hybridized carbons (Fsp3) is 0.826. The molecule has 0 bridgehead atoms. The molecule has 0 aromatic rings. The average molecular weight is 405 g/mol. The number of aliphatic hydroxyl groups is 3. The third kappa shape index (κ3) is 2.34. The summed E-state index contributed by atoms with van der Waals surface area (Å²) in [5.74, 6) is -0.304. The fourth-order valence-electron chi connectivity index (χ4n) is 8.34. The lowest BCUT2D eigenvalue weighted by atomic mass is 9.41. The molecule has 7 unspecified atom stereocenters. The van der Waals surface area contributed by atoms with Gasteiger partial charge in [-0.05, 0) is 74.7 Å². The zero-order valence-corrected chi connectivity index (χ0v) is 17.1. The van der Waals surface area contributed by atoms with Crippen LogP contribution in [0.1, 0.15) is 64.7 Å². The van der Waals surface area contributed by atoms with Crippen LogP contribution in [0.4, 0.5) is 0 Å². The molecule has 6 nitrogen and oxygen atoms in total. The second kappa shape index (κ2) is 6.14. The molecule has 8 atom stereocenters. The molecule has 160 valence electrons. The Kier molecular flexibility index (Phi) is 4.18. The van der Waals surface area contributed by atoms with Gasteiger partial charge in [0.1, 0.15) is 12.9 Å². The molecule has 4 aliphatic carbocycles. The Balaban J connectivity index is 1.52. The molecular weight excluding hydrogens is 372 g/mol. The van der Waals surface area contributed by atoms with Crippen molar-refractivity contribution < 1.29 is 29.6 Å². The molecule has 29 heavy (non-hydrogen) atoms. The molecule has 1 heterocycles. The van der Waals surface area contributed by atoms with Crippen LogP contribution >= 0.6 is 0 Å². The number of aldehydes is 1. The lowest BCUT2D eigenvalue weighted by molar-refractivity contribution is -0.248. The monoisotopic (exact) mass is 404 g/mol. The van der Waals surface area contributed by atoms with E-state index < -0.39 is 22.7 Å². The van der Waals surface area contributed by atoms with E-state index in [4.69, 9.17) is 4.74 Å². The van der Waals surface area contributed by atoms with Gasteiger partial charge in [0, 0.05) is 17.9 Å². The number of esters is 1. The molecule has 0 radical (unpaired) electrons. The molecule has 6 heteroatoms. The highest BCUT2D eigenvalue weighted by Gasteiger charge is 2.71. The quantitative estimate of drug-likeness (QED) is 0.480. The maximum absolute atomic E-state index is 12.5. The predicted octanol–water partition coefficient (Wildman–Crippen LogP) is 1.90. The van der Waals surface area contributed by atoms with Crippen molar-refractivity contribution in [2.75, 3.05) is 6.61 Å². The van der Waals surface area contributed by atoms with E-state index in [0.717, 1.165) is 31.1 Å². The maximum Gasteiger partial charge on any atom is 0.331 e. The molecule has 0 aromatic heterocycles. The molecule has 4 fully saturated rings. The van der Waals surface area contributed by atoms with Gasteiger partial charge in [0.15, 0.2) is 0 Å². The van der Waals surface area contributed by atoms with Gasteiger partial charge >= 0.3 is 5.97 Å². The Morgan fingerprint density at radius 3 is 2.52 bits per heavy atom. The van der Waals surface area contributed by atoms with E-state index in [0.29, 0.717) is 38.7 Å². The third-order valence-electron chi connectivity index (χ3n) is 9.85. The minimum atomic E-state index is -1.18. The summed E-state index contributed by atoms with van der Waals surface area (Å²) in [5, 5.41) is 33.7. The first-order valence-corrected chi connectivity index (χ1v) is 11.2. The largest absolute Gasteiger partial charge is 0.458 e. The number of rotatable bonds is 2. The van der Waals surface area contributed by atoms with Gasteiger partial charge in [-0.25, -0.2) is 4.79 Å². The number of hydrogen-bond acceptors (Lipinski definition) is 6. The van der Waals surface area contributed by atoms with E-state index >= 15 is 0 Å². The van der Waals surface area contributed by atoms with Gasteiger partial charge < -0.3 is 24.9 Å². The zero-order valence-electron chi connectivity index (χ0n) is 17.1. The first-order valence-electron chi connectivity index (χ1n) is 11.2. The van der Waals surface area contributed by atoms with Crippen LogP contribution in [-0.2, 0) is 14.3 Å². The summed E-state index contributed by atoms with van der Waals surface area (Å²) in [6.07, 6.45) is 7.36. The number of ether oxygens (including phenoxy) is 1. The van der Waals surface area contributed by atoms with E-state index in [1.807, 2.05) is 0 Å². The van der Waals surface area contributed by atoms with Crippen molar-refractivity contribution in [1.29, 1.82) is 0 Å². The lowest BCUT2D eigenvalue weighted by Gasteiger charge is -2.65. The van der Waals surface area contributed by atoms with Gasteiger partial charge in [0.25, 0.3) is 0 Å². The van der Waals surface area contributed by atoms with Crippen LogP contribution in [0.15, 0.2) is 11.6 Å². The Labute approximate surface area is 171 Å². The van der Waals surface area contributed by atoms with Gasteiger partial charge in [-0.2, -0.15) is 0 Å². The maximum atomic E-state index is 12.5. The Hall–Kier alpha value is -1.24. The van der Waals surface area contributed by atoms with E-state index in [9.17, 15) is 24.9 Å². The summed E-state index contributed by atoms with van der Waals surface area (Å²) < 4.78 is 5.15. The number of fused-ring (bicyclic) bond motifs is 5. The number of hydrogen-bond donors (Lipinski definition) is 3. The molecule has 4 saturated carbocycles. The highest BCUT2D eigenvalue weighted by Crippen LogP contribution is 2.70. The summed E-state index contributed by atoms with van der Waals surface area (Å²) >= 11 is 0. The SMILES string of the molecule is CC12CCC3C(CCC4(O)CC(O)CCC34C=O)C1(O)CC[C@H]2C1=CC(=O)OC1. The summed E-state index contributed by atoms with van der Waals surface area (Å²) in [6.45, 7) is 2.46. The van der Waals surface area contributed by atoms with E-state index in [1.54, 1.807) is 6.08 Å². The number of carbonyl (C=O) groups is 2. The first kappa shape index (κ1) is 19.7. The van der Waals surface area contributed by atoms with Gasteiger partial charge in [-0.1, -0.05) is 6.92 Å². The normalized spacial score (nSPS) is 54.1. The van der Waals surface area contributed by atoms with Crippen molar-refractivity contribution in [1.82, 2.24) is 0 Å². The van der Waals surface area contributed by atoms with E-state index in [1.165, 1.54) is 0 Å². The second-order valence-corrected chi connectivity index (χ2v) is 10.6. The van der Waals surface area contributed by atoms with Crippen LogP contribution in [0.25, 0.3) is 0 Å². The van der Waals surface area contributed by atoms with Crippen LogP contribution < -0.4 is 0 Å². The zero-order chi connectivity index (χ0) is 20.7. The summed E-state index contributed by atoms with van der Waals surface area (Å²) in [4.78, 5) is 24.1. The fourth-order valence-corrected chi connectivity index (χ4v) is 8.34. The molecule has 5 rings (SSSR count). The second-order valence-electron chi connectivity index (χ2n) is 10.6. The molecule has 1 aliphatic heterocycles. The summed E-state index contributed by atoms with van der Waals surface area (Å²) in [6, 6.07) is 0. The van der Waals surface area contributed by atoms with Crippen molar-refractivity contribution in [3.63, 3.8) is 0 Å². The lowest BCUT2D eigenvalue weighted by Crippen LogP contribution is -2.68. The topological polar surface area (TPSA) is 104 Å². The summed E-state index contributed by atoms with van der Waals surface area (Å²) in [7, 11) is 0. The van der Waals surface area contributed by atoms with Crippen LogP contribution in [-0.4, -0.2) is 51.5 Å². The number of aliphatic hydroxyl groups excluding tert-OH is 1. The molecule has 0 aromatic carbocycles. The molecule has 0 amide bonds. The van der Waals surface area contributed by atoms with Crippen molar-refractivity contribution in [2.24, 2.45) is 28.6 Å². The summed E-state index contributed by atoms with van der Waals surface area (Å²) in [5.41, 5.74) is -2.34. The van der Waals surface area contributed by atoms with Gasteiger partial charge in [-0.3, -0.25) is 0 Å². The van der Waals surface area contributed by atoms with E-state index in [2.05, 4.69) is 6.92 Å². The van der Waals surface area contributed by atoms with Crippen LogP contribution in [0.3, 0.4) is 0 Å². The van der Waals surface area contributed by atoms with Crippen molar-refractivity contribution in [3.05, 3.63) is 11.6 Å². The molecule has 5 aliphatic rings. The molecular formula is C23H32O6. The molecule has 0 spiro atoms. The van der Waals surface area contributed by atoms with E-state index in [-0.39, 0.29) is 35.6 Å². The number of cyclic esters (lactones) is 1. The van der Waals surface area contributed by atoms with Crippen molar-refractivity contribution in [3.8, 4) is 0 Å². The van der Waals surface area contributed by atoms with Crippen LogP contribution in [0, 0.1) is 28.6 Å². The Morgan fingerprint density at radius 1 is 1.07 bits per heavy atom. The van der Waals surface area contributed by atoms with Gasteiger partial charge in [0.2, 0.25) is 0 Å². The van der Waals surface area contributed by atoms with Crippen LogP contribution in [0.5, 0.6) is 0 Å². The highest BCUT2D eigenvalue weighted by molar-refractivity contribution is 5.85. The number of carbonyl (C=O) groups excluding carboxylic acids is 2. The minimum absolute atomic E-state index is 0.0504. The molecule has 0 saturated heterocycles. The predicted molar refractivity (Wildman–Crippen MR) is 104 cm³/mol. The Bertz CT molecular complexity index is 777. The van der Waals surface area contributed by atoms with Gasteiger partial charge in [-0.15, -0.1) is 0 Å². The highest BCUT2D eigenvalue weighted by atomic mass is 16.5. The average Bonchev–Trinajstić information content (AvgIpc) is 3.21. The standard InChI is InChI=1S/C23H32O6/c1-20-6-3-17-18(4-8-22(27)11-15(25)2-7-21(17,22)13-24)23(20,28)9-5-16(20)14-10-19(26)29-12-14/h10,13,15-18,25,27-28H,2-9,11-12H2,1H3/t15?,16-,17?,18?,20?,21?,22?,23?/m0/s1.